The van der Waals surface area contributed by atoms with Crippen molar-refractivity contribution >= 4 is 33.6 Å². The Labute approximate surface area is 226 Å². The van der Waals surface area contributed by atoms with Gasteiger partial charge in [0.25, 0.3) is 0 Å². The maximum absolute atomic E-state index is 12.9. The Bertz CT molecular complexity index is 1430. The van der Waals surface area contributed by atoms with E-state index in [1.807, 2.05) is 48.5 Å². The first kappa shape index (κ1) is 27.6. The summed E-state index contributed by atoms with van der Waals surface area (Å²) in [7, 11) is -3.39. The fraction of sp³-hybridized carbons (Fsp3) is 0.250. The summed E-state index contributed by atoms with van der Waals surface area (Å²) in [5.74, 6) is -1.03. The number of hydrogen-bond donors (Lipinski definition) is 4. The zero-order chi connectivity index (χ0) is 28.0. The third kappa shape index (κ3) is 7.35. The van der Waals surface area contributed by atoms with Crippen molar-refractivity contribution < 1.29 is 32.6 Å². The summed E-state index contributed by atoms with van der Waals surface area (Å²) in [4.78, 5) is 36.4. The molecule has 0 radical (unpaired) electrons. The average molecular weight is 552 g/mol. The first-order chi connectivity index (χ1) is 18.6. The summed E-state index contributed by atoms with van der Waals surface area (Å²) in [6.45, 7) is 0.144. The van der Waals surface area contributed by atoms with Crippen molar-refractivity contribution in [1.82, 2.24) is 10.6 Å². The number of anilines is 1. The molecule has 1 atom stereocenters. The molecule has 0 fully saturated rings. The fourth-order valence-electron chi connectivity index (χ4n) is 4.52. The van der Waals surface area contributed by atoms with Gasteiger partial charge in [0.2, 0.25) is 5.91 Å². The largest absolute Gasteiger partial charge is 0.465 e. The van der Waals surface area contributed by atoms with Crippen LogP contribution in [-0.2, 0) is 25.9 Å². The van der Waals surface area contributed by atoms with Gasteiger partial charge in [-0.1, -0.05) is 60.7 Å². The molecule has 0 heterocycles. The number of benzene rings is 3. The number of fused-ring (bicyclic) bond motifs is 3. The standard InChI is InChI=1S/C28H29N3O7S/c1-39(36,37)15-14-25(26(32)29-16-18-10-12-19(13-11-18)30-27(33)34)31-28(35)38-17-24-22-8-4-2-6-20(22)21-7-3-5-9-23(21)24/h2-13,24-25,30H,14-17H2,1H3,(H,29,32)(H,31,35)(H,33,34)/t25-/m0/s1. The van der Waals surface area contributed by atoms with Crippen LogP contribution in [-0.4, -0.2) is 56.3 Å². The number of carboxylic acid groups (broad SMARTS) is 1. The molecule has 0 saturated heterocycles. The van der Waals surface area contributed by atoms with Gasteiger partial charge in [0.05, 0.1) is 5.75 Å². The van der Waals surface area contributed by atoms with E-state index >= 15 is 0 Å². The Hall–Kier alpha value is -4.38. The van der Waals surface area contributed by atoms with E-state index in [2.05, 4.69) is 16.0 Å². The first-order valence-electron chi connectivity index (χ1n) is 12.3. The highest BCUT2D eigenvalue weighted by atomic mass is 32.2. The minimum atomic E-state index is -3.39. The van der Waals surface area contributed by atoms with Crippen LogP contribution in [0.4, 0.5) is 15.3 Å². The Morgan fingerprint density at radius 3 is 2.08 bits per heavy atom. The van der Waals surface area contributed by atoms with Crippen molar-refractivity contribution in [2.75, 3.05) is 23.9 Å². The van der Waals surface area contributed by atoms with E-state index in [0.29, 0.717) is 11.3 Å². The van der Waals surface area contributed by atoms with Gasteiger partial charge in [-0.05, 0) is 46.4 Å². The molecule has 3 aromatic carbocycles. The minimum Gasteiger partial charge on any atom is -0.465 e. The van der Waals surface area contributed by atoms with Crippen molar-refractivity contribution in [3.05, 3.63) is 89.5 Å². The van der Waals surface area contributed by atoms with Crippen molar-refractivity contribution in [3.63, 3.8) is 0 Å². The van der Waals surface area contributed by atoms with Crippen molar-refractivity contribution in [2.45, 2.75) is 24.9 Å². The molecule has 204 valence electrons. The average Bonchev–Trinajstić information content (AvgIpc) is 3.22. The summed E-state index contributed by atoms with van der Waals surface area (Å²) >= 11 is 0. The highest BCUT2D eigenvalue weighted by Gasteiger charge is 2.30. The third-order valence-electron chi connectivity index (χ3n) is 6.40. The van der Waals surface area contributed by atoms with E-state index in [-0.39, 0.29) is 31.2 Å². The predicted molar refractivity (Wildman–Crippen MR) is 146 cm³/mol. The summed E-state index contributed by atoms with van der Waals surface area (Å²) in [6, 6.07) is 21.0. The Balaban J connectivity index is 1.38. The van der Waals surface area contributed by atoms with Gasteiger partial charge in [0.1, 0.15) is 22.5 Å². The SMILES string of the molecule is CS(=O)(=O)CC[C@H](NC(=O)OCC1c2ccccc2-c2ccccc21)C(=O)NCc1ccc(NC(=O)O)cc1. The zero-order valence-corrected chi connectivity index (χ0v) is 22.0. The molecule has 39 heavy (non-hydrogen) atoms. The highest BCUT2D eigenvalue weighted by molar-refractivity contribution is 7.90. The lowest BCUT2D eigenvalue weighted by molar-refractivity contribution is -0.123. The molecular weight excluding hydrogens is 522 g/mol. The molecule has 0 spiro atoms. The summed E-state index contributed by atoms with van der Waals surface area (Å²) in [6.07, 6.45) is -1.09. The predicted octanol–water partition coefficient (Wildman–Crippen LogP) is 3.73. The molecule has 0 aromatic heterocycles. The van der Waals surface area contributed by atoms with Crippen LogP contribution in [0, 0.1) is 0 Å². The lowest BCUT2D eigenvalue weighted by atomic mass is 9.98. The number of hydrogen-bond acceptors (Lipinski definition) is 6. The van der Waals surface area contributed by atoms with Gasteiger partial charge in [-0.3, -0.25) is 10.1 Å². The number of alkyl carbamates (subject to hydrolysis) is 1. The Kier molecular flexibility index (Phi) is 8.50. The summed E-state index contributed by atoms with van der Waals surface area (Å²) < 4.78 is 29.0. The van der Waals surface area contributed by atoms with E-state index in [9.17, 15) is 22.8 Å². The van der Waals surface area contributed by atoms with Crippen LogP contribution in [0.5, 0.6) is 0 Å². The van der Waals surface area contributed by atoms with E-state index in [4.69, 9.17) is 9.84 Å². The molecule has 1 aliphatic rings. The zero-order valence-electron chi connectivity index (χ0n) is 21.2. The molecule has 10 nitrogen and oxygen atoms in total. The van der Waals surface area contributed by atoms with Crippen LogP contribution in [0.1, 0.15) is 29.0 Å². The van der Waals surface area contributed by atoms with Crippen molar-refractivity contribution in [1.29, 1.82) is 0 Å². The van der Waals surface area contributed by atoms with Gasteiger partial charge in [-0.15, -0.1) is 0 Å². The number of amides is 3. The Morgan fingerprint density at radius 1 is 0.923 bits per heavy atom. The van der Waals surface area contributed by atoms with Gasteiger partial charge >= 0.3 is 12.2 Å². The van der Waals surface area contributed by atoms with Gasteiger partial charge in [0, 0.05) is 24.4 Å². The van der Waals surface area contributed by atoms with E-state index in [1.165, 1.54) is 0 Å². The van der Waals surface area contributed by atoms with Crippen LogP contribution in [0.2, 0.25) is 0 Å². The van der Waals surface area contributed by atoms with Crippen LogP contribution in [0.25, 0.3) is 11.1 Å². The number of rotatable bonds is 10. The van der Waals surface area contributed by atoms with Gasteiger partial charge in [-0.25, -0.2) is 18.0 Å². The second-order valence-electron chi connectivity index (χ2n) is 9.29. The molecule has 3 aromatic rings. The second kappa shape index (κ2) is 12.0. The monoisotopic (exact) mass is 551 g/mol. The van der Waals surface area contributed by atoms with Crippen molar-refractivity contribution in [2.24, 2.45) is 0 Å². The molecule has 0 bridgehead atoms. The first-order valence-corrected chi connectivity index (χ1v) is 14.3. The maximum Gasteiger partial charge on any atom is 0.409 e. The highest BCUT2D eigenvalue weighted by Crippen LogP contribution is 2.44. The van der Waals surface area contributed by atoms with E-state index in [1.54, 1.807) is 24.3 Å². The smallest absolute Gasteiger partial charge is 0.409 e. The number of sulfone groups is 1. The number of carbonyl (C=O) groups is 3. The number of ether oxygens (including phenoxy) is 1. The van der Waals surface area contributed by atoms with Gasteiger partial charge in [-0.2, -0.15) is 0 Å². The molecule has 11 heteroatoms. The molecule has 0 saturated carbocycles. The quantitative estimate of drug-likeness (QED) is 0.300. The molecule has 4 N–H and O–H groups in total. The molecular formula is C28H29N3O7S. The van der Waals surface area contributed by atoms with E-state index < -0.39 is 34.0 Å². The molecule has 4 rings (SSSR count). The second-order valence-corrected chi connectivity index (χ2v) is 11.5. The Morgan fingerprint density at radius 2 is 1.51 bits per heavy atom. The van der Waals surface area contributed by atoms with Crippen LogP contribution in [0.15, 0.2) is 72.8 Å². The topological polar surface area (TPSA) is 151 Å². The maximum atomic E-state index is 12.9. The molecule has 1 aliphatic carbocycles. The lowest BCUT2D eigenvalue weighted by Gasteiger charge is -2.20. The normalized spacial score (nSPS) is 13.1. The summed E-state index contributed by atoms with van der Waals surface area (Å²) in [5, 5.41) is 16.2. The van der Waals surface area contributed by atoms with Crippen LogP contribution < -0.4 is 16.0 Å². The molecule has 0 unspecified atom stereocenters. The van der Waals surface area contributed by atoms with Gasteiger partial charge in [0.15, 0.2) is 0 Å². The molecule has 0 aliphatic heterocycles. The summed E-state index contributed by atoms with van der Waals surface area (Å²) in [5.41, 5.74) is 5.31. The number of carbonyl (C=O) groups excluding carboxylic acids is 2. The van der Waals surface area contributed by atoms with E-state index in [0.717, 1.165) is 28.5 Å². The van der Waals surface area contributed by atoms with Gasteiger partial charge < -0.3 is 20.5 Å². The van der Waals surface area contributed by atoms with Crippen LogP contribution in [0.3, 0.4) is 0 Å². The lowest BCUT2D eigenvalue weighted by Crippen LogP contribution is -2.47. The minimum absolute atomic E-state index is 0.0526. The molecule has 3 amide bonds. The van der Waals surface area contributed by atoms with Crippen LogP contribution >= 0.6 is 0 Å². The third-order valence-corrected chi connectivity index (χ3v) is 7.38. The number of nitrogens with one attached hydrogen (secondary N) is 3. The fourth-order valence-corrected chi connectivity index (χ4v) is 5.19. The van der Waals surface area contributed by atoms with Crippen molar-refractivity contribution in [3.8, 4) is 11.1 Å².